The molecule has 1 aliphatic rings. The zero-order chi connectivity index (χ0) is 14.3. The van der Waals surface area contributed by atoms with Crippen LogP contribution in [0.1, 0.15) is 16.7 Å². The van der Waals surface area contributed by atoms with E-state index in [1.807, 2.05) is 0 Å². The summed E-state index contributed by atoms with van der Waals surface area (Å²) in [4.78, 5) is 3.71. The van der Waals surface area contributed by atoms with Gasteiger partial charge in [-0.3, -0.25) is 0 Å². The molecule has 0 radical (unpaired) electrons. The molecule has 1 aromatic carbocycles. The zero-order valence-corrected chi connectivity index (χ0v) is 9.15. The average molecular weight is 283 g/mol. The number of hydrogen-bond acceptors (Lipinski definition) is 3. The van der Waals surface area contributed by atoms with E-state index in [0.717, 1.165) is 0 Å². The molecule has 0 bridgehead atoms. The van der Waals surface area contributed by atoms with Crippen molar-refractivity contribution in [3.63, 3.8) is 0 Å². The first-order valence-corrected chi connectivity index (χ1v) is 5.01. The first-order chi connectivity index (χ1) is 8.68. The molecular weight excluding hydrogens is 276 g/mol. The number of aliphatic imine (C=N–C) groups is 1. The monoisotopic (exact) mass is 283 g/mol. The smallest absolute Gasteiger partial charge is 0.304 e. The molecule has 0 spiro atoms. The maximum absolute atomic E-state index is 12.6. The van der Waals surface area contributed by atoms with E-state index in [9.17, 15) is 26.3 Å². The number of hydrogen-bond donors (Lipinski definition) is 2. The van der Waals surface area contributed by atoms with E-state index in [4.69, 9.17) is 0 Å². The van der Waals surface area contributed by atoms with Gasteiger partial charge in [0.05, 0.1) is 11.1 Å². The van der Waals surface area contributed by atoms with Crippen LogP contribution < -0.4 is 10.9 Å². The number of amidine groups is 1. The van der Waals surface area contributed by atoms with E-state index in [-0.39, 0.29) is 24.1 Å². The maximum atomic E-state index is 12.6. The van der Waals surface area contributed by atoms with Crippen molar-refractivity contribution >= 4 is 5.84 Å². The van der Waals surface area contributed by atoms with Crippen molar-refractivity contribution in [2.45, 2.75) is 12.4 Å². The van der Waals surface area contributed by atoms with E-state index in [1.165, 1.54) is 0 Å². The van der Waals surface area contributed by atoms with E-state index >= 15 is 0 Å². The number of benzene rings is 1. The highest BCUT2D eigenvalue weighted by molar-refractivity contribution is 5.99. The molecule has 0 aliphatic carbocycles. The summed E-state index contributed by atoms with van der Waals surface area (Å²) in [5.41, 5.74) is 1.86. The standard InChI is InChI=1S/C10H7F6N3/c11-9(12,13)6-1-5(8-17-4-18-19-8)2-7(3-6)10(14,15)16/h1-3,18H,4H2,(H,17,19). The molecule has 1 aliphatic heterocycles. The van der Waals surface area contributed by atoms with E-state index in [1.54, 1.807) is 0 Å². The Kier molecular flexibility index (Phi) is 3.17. The van der Waals surface area contributed by atoms with Gasteiger partial charge in [-0.25, -0.2) is 10.4 Å². The van der Waals surface area contributed by atoms with Gasteiger partial charge in [-0.2, -0.15) is 26.3 Å². The molecule has 2 N–H and O–H groups in total. The van der Waals surface area contributed by atoms with Crippen LogP contribution in [-0.4, -0.2) is 12.5 Å². The molecule has 104 valence electrons. The Bertz CT molecular complexity index is 485. The van der Waals surface area contributed by atoms with Gasteiger partial charge in [-0.15, -0.1) is 0 Å². The van der Waals surface area contributed by atoms with Crippen LogP contribution in [0.2, 0.25) is 0 Å². The van der Waals surface area contributed by atoms with Crippen LogP contribution in [0.5, 0.6) is 0 Å². The van der Waals surface area contributed by atoms with Gasteiger partial charge in [0.15, 0.2) is 0 Å². The first kappa shape index (κ1) is 13.7. The number of halogens is 6. The van der Waals surface area contributed by atoms with Crippen LogP contribution in [0.3, 0.4) is 0 Å². The summed E-state index contributed by atoms with van der Waals surface area (Å²) in [6, 6.07) is 1.31. The van der Waals surface area contributed by atoms with Crippen LogP contribution >= 0.6 is 0 Å². The van der Waals surface area contributed by atoms with Crippen molar-refractivity contribution in [3.8, 4) is 0 Å². The molecule has 0 unspecified atom stereocenters. The van der Waals surface area contributed by atoms with Crippen LogP contribution in [0.15, 0.2) is 23.2 Å². The summed E-state index contributed by atoms with van der Waals surface area (Å²) in [6.45, 7) is 0.0763. The van der Waals surface area contributed by atoms with Crippen molar-refractivity contribution in [3.05, 3.63) is 34.9 Å². The minimum absolute atomic E-state index is 0.0587. The molecule has 3 nitrogen and oxygen atoms in total. The highest BCUT2D eigenvalue weighted by Crippen LogP contribution is 2.36. The van der Waals surface area contributed by atoms with E-state index in [0.29, 0.717) is 12.1 Å². The Hall–Kier alpha value is -1.77. The summed E-state index contributed by atoms with van der Waals surface area (Å²) in [5, 5.41) is 0. The van der Waals surface area contributed by atoms with Crippen molar-refractivity contribution in [1.82, 2.24) is 10.9 Å². The second-order valence-corrected chi connectivity index (χ2v) is 3.76. The molecule has 0 aromatic heterocycles. The third-order valence-electron chi connectivity index (χ3n) is 2.38. The normalized spacial score (nSPS) is 16.2. The lowest BCUT2D eigenvalue weighted by molar-refractivity contribution is -0.143. The second kappa shape index (κ2) is 4.41. The van der Waals surface area contributed by atoms with Gasteiger partial charge in [0.1, 0.15) is 12.5 Å². The van der Waals surface area contributed by atoms with Crippen molar-refractivity contribution < 1.29 is 26.3 Å². The van der Waals surface area contributed by atoms with Gasteiger partial charge in [0, 0.05) is 5.56 Å². The van der Waals surface area contributed by atoms with Gasteiger partial charge in [0.2, 0.25) is 0 Å². The number of nitrogens with zero attached hydrogens (tertiary/aromatic N) is 1. The van der Waals surface area contributed by atoms with Crippen molar-refractivity contribution in [2.24, 2.45) is 4.99 Å². The molecule has 0 saturated carbocycles. The summed E-state index contributed by atoms with van der Waals surface area (Å²) >= 11 is 0. The highest BCUT2D eigenvalue weighted by Gasteiger charge is 2.37. The Labute approximate surface area is 103 Å². The fourth-order valence-electron chi connectivity index (χ4n) is 1.54. The summed E-state index contributed by atoms with van der Waals surface area (Å²) in [5.74, 6) is -0.0587. The zero-order valence-electron chi connectivity index (χ0n) is 9.15. The maximum Gasteiger partial charge on any atom is 0.416 e. The number of nitrogens with one attached hydrogen (secondary N) is 2. The minimum Gasteiger partial charge on any atom is -0.304 e. The topological polar surface area (TPSA) is 36.4 Å². The molecule has 0 saturated heterocycles. The van der Waals surface area contributed by atoms with Gasteiger partial charge in [0.25, 0.3) is 0 Å². The first-order valence-electron chi connectivity index (χ1n) is 5.01. The lowest BCUT2D eigenvalue weighted by Crippen LogP contribution is -2.30. The third kappa shape index (κ3) is 2.98. The molecule has 2 rings (SSSR count). The van der Waals surface area contributed by atoms with Crippen LogP contribution in [0.4, 0.5) is 26.3 Å². The third-order valence-corrected chi connectivity index (χ3v) is 2.38. The fraction of sp³-hybridized carbons (Fsp3) is 0.300. The predicted octanol–water partition coefficient (Wildman–Crippen LogP) is 2.54. The molecule has 0 atom stereocenters. The van der Waals surface area contributed by atoms with Crippen LogP contribution in [-0.2, 0) is 12.4 Å². The summed E-state index contributed by atoms with van der Waals surface area (Å²) < 4.78 is 75.5. The van der Waals surface area contributed by atoms with Crippen molar-refractivity contribution in [2.75, 3.05) is 6.67 Å². The Morgan fingerprint density at radius 3 is 1.79 bits per heavy atom. The van der Waals surface area contributed by atoms with Gasteiger partial charge < -0.3 is 5.43 Å². The lowest BCUT2D eigenvalue weighted by Gasteiger charge is -2.14. The van der Waals surface area contributed by atoms with E-state index in [2.05, 4.69) is 15.8 Å². The largest absolute Gasteiger partial charge is 0.416 e. The molecule has 0 fully saturated rings. The molecular formula is C10H7F6N3. The number of hydrazine groups is 1. The Morgan fingerprint density at radius 1 is 0.895 bits per heavy atom. The molecule has 1 aromatic rings. The summed E-state index contributed by atoms with van der Waals surface area (Å²) in [7, 11) is 0. The Morgan fingerprint density at radius 2 is 1.42 bits per heavy atom. The number of alkyl halides is 6. The summed E-state index contributed by atoms with van der Waals surface area (Å²) in [6.07, 6.45) is -9.72. The molecule has 19 heavy (non-hydrogen) atoms. The van der Waals surface area contributed by atoms with Gasteiger partial charge >= 0.3 is 12.4 Å². The lowest BCUT2D eigenvalue weighted by atomic mass is 10.0. The quantitative estimate of drug-likeness (QED) is 0.777. The van der Waals surface area contributed by atoms with Crippen LogP contribution in [0.25, 0.3) is 0 Å². The molecule has 1 heterocycles. The molecule has 0 amide bonds. The highest BCUT2D eigenvalue weighted by atomic mass is 19.4. The van der Waals surface area contributed by atoms with Crippen molar-refractivity contribution in [1.29, 1.82) is 0 Å². The SMILES string of the molecule is FC(F)(F)c1cc(C2=NCNN2)cc(C(F)(F)F)c1. The van der Waals surface area contributed by atoms with E-state index < -0.39 is 23.5 Å². The fourth-order valence-corrected chi connectivity index (χ4v) is 1.54. The Balaban J connectivity index is 2.55. The average Bonchev–Trinajstić information content (AvgIpc) is 2.79. The minimum atomic E-state index is -4.86. The molecule has 9 heteroatoms. The predicted molar refractivity (Wildman–Crippen MR) is 54.1 cm³/mol. The van der Waals surface area contributed by atoms with Gasteiger partial charge in [-0.05, 0) is 18.2 Å². The second-order valence-electron chi connectivity index (χ2n) is 3.76. The number of rotatable bonds is 1. The van der Waals surface area contributed by atoms with Crippen LogP contribution in [0, 0.1) is 0 Å². The van der Waals surface area contributed by atoms with Gasteiger partial charge in [-0.1, -0.05) is 0 Å².